The third-order valence-electron chi connectivity index (χ3n) is 7.09. The van der Waals surface area contributed by atoms with Crippen molar-refractivity contribution < 1.29 is 23.2 Å². The largest absolute Gasteiger partial charge is 0.444 e. The van der Waals surface area contributed by atoms with Gasteiger partial charge in [-0.1, -0.05) is 48.8 Å². The zero-order valence-electron chi connectivity index (χ0n) is 26.3. The topological polar surface area (TPSA) is 120 Å². The highest BCUT2D eigenvalue weighted by molar-refractivity contribution is 5.94. The lowest BCUT2D eigenvalue weighted by Gasteiger charge is -2.35. The maximum Gasteiger partial charge on any atom is 0.407 e. The number of aromatic nitrogens is 3. The Hall–Kier alpha value is -4.54. The van der Waals surface area contributed by atoms with Crippen LogP contribution in [0.2, 0.25) is 0 Å². The molecule has 0 spiro atoms. The number of rotatable bonds is 10. The van der Waals surface area contributed by atoms with Crippen LogP contribution in [0.1, 0.15) is 80.1 Å². The first-order valence-corrected chi connectivity index (χ1v) is 14.7. The van der Waals surface area contributed by atoms with Crippen molar-refractivity contribution in [2.75, 3.05) is 13.1 Å². The van der Waals surface area contributed by atoms with E-state index in [2.05, 4.69) is 10.5 Å². The predicted molar refractivity (Wildman–Crippen MR) is 165 cm³/mol. The van der Waals surface area contributed by atoms with Crippen molar-refractivity contribution in [2.45, 2.75) is 73.1 Å². The lowest BCUT2D eigenvalue weighted by molar-refractivity contribution is 0.0519. The summed E-state index contributed by atoms with van der Waals surface area (Å²) in [7, 11) is 0. The molecule has 234 valence electrons. The first-order chi connectivity index (χ1) is 20.7. The molecule has 11 heteroatoms. The van der Waals surface area contributed by atoms with Crippen LogP contribution in [0.25, 0.3) is 11.1 Å². The van der Waals surface area contributed by atoms with Gasteiger partial charge in [-0.3, -0.25) is 14.2 Å². The molecule has 0 radical (unpaired) electrons. The highest BCUT2D eigenvalue weighted by atomic mass is 19.1. The zero-order chi connectivity index (χ0) is 32.2. The Labute approximate surface area is 256 Å². The van der Waals surface area contributed by atoms with E-state index in [0.29, 0.717) is 29.1 Å². The highest BCUT2D eigenvalue weighted by Gasteiger charge is 2.33. The van der Waals surface area contributed by atoms with Gasteiger partial charge < -0.3 is 19.5 Å². The second-order valence-corrected chi connectivity index (χ2v) is 12.3. The van der Waals surface area contributed by atoms with Gasteiger partial charge in [-0.2, -0.15) is 4.98 Å². The fraction of sp³-hybridized carbons (Fsp3) is 0.424. The Morgan fingerprint density at radius 3 is 2.34 bits per heavy atom. The van der Waals surface area contributed by atoms with Crippen molar-refractivity contribution in [3.63, 3.8) is 0 Å². The van der Waals surface area contributed by atoms with E-state index >= 15 is 0 Å². The third-order valence-corrected chi connectivity index (χ3v) is 7.09. The maximum atomic E-state index is 14.2. The molecule has 0 saturated carbocycles. The normalized spacial score (nSPS) is 12.4. The minimum absolute atomic E-state index is 0.0813. The summed E-state index contributed by atoms with van der Waals surface area (Å²) < 4.78 is 26.0. The first-order valence-electron chi connectivity index (χ1n) is 14.7. The number of hydrogen-bond donors (Lipinski definition) is 1. The summed E-state index contributed by atoms with van der Waals surface area (Å²) in [5.74, 6) is -0.522. The summed E-state index contributed by atoms with van der Waals surface area (Å²) in [6.45, 7) is 13.5. The van der Waals surface area contributed by atoms with E-state index in [9.17, 15) is 18.8 Å². The average Bonchev–Trinajstić information content (AvgIpc) is 3.32. The second kappa shape index (κ2) is 13.4. The number of ether oxygens (including phenoxy) is 1. The number of aryl methyl sites for hydroxylation is 2. The smallest absolute Gasteiger partial charge is 0.407 e. The van der Waals surface area contributed by atoms with E-state index in [4.69, 9.17) is 14.2 Å². The molecule has 1 unspecified atom stereocenters. The SMILES string of the molecule is Cc1ccc(C(=O)N(CCCNC(=O)OC(C)(C)C)C(c2nc3onc(C)c3c(=O)n2Cc2ccc(F)cc2)C(C)C)cc1. The van der Waals surface area contributed by atoms with Gasteiger partial charge in [0, 0.05) is 18.7 Å². The zero-order valence-corrected chi connectivity index (χ0v) is 26.3. The third kappa shape index (κ3) is 7.69. The number of hydrogen-bond acceptors (Lipinski definition) is 7. The number of nitrogens with one attached hydrogen (secondary N) is 1. The molecular formula is C33H40FN5O5. The van der Waals surface area contributed by atoms with Crippen LogP contribution in [0.4, 0.5) is 9.18 Å². The van der Waals surface area contributed by atoms with Gasteiger partial charge in [-0.25, -0.2) is 9.18 Å². The van der Waals surface area contributed by atoms with Crippen molar-refractivity contribution in [1.29, 1.82) is 0 Å². The van der Waals surface area contributed by atoms with Crippen molar-refractivity contribution in [1.82, 2.24) is 24.9 Å². The van der Waals surface area contributed by atoms with Gasteiger partial charge in [0.05, 0.1) is 18.3 Å². The van der Waals surface area contributed by atoms with Crippen LogP contribution >= 0.6 is 0 Å². The van der Waals surface area contributed by atoms with Crippen molar-refractivity contribution in [3.8, 4) is 0 Å². The lowest BCUT2D eigenvalue weighted by atomic mass is 9.98. The molecule has 10 nitrogen and oxygen atoms in total. The minimum Gasteiger partial charge on any atom is -0.444 e. The summed E-state index contributed by atoms with van der Waals surface area (Å²) >= 11 is 0. The van der Waals surface area contributed by atoms with E-state index in [0.717, 1.165) is 5.56 Å². The number of nitrogens with zero attached hydrogens (tertiary/aromatic N) is 4. The molecule has 4 aromatic rings. The molecule has 0 saturated heterocycles. The molecule has 2 aromatic heterocycles. The van der Waals surface area contributed by atoms with Gasteiger partial charge in [0.15, 0.2) is 0 Å². The molecule has 0 aliphatic heterocycles. The van der Waals surface area contributed by atoms with Crippen molar-refractivity contribution >= 4 is 23.1 Å². The van der Waals surface area contributed by atoms with Gasteiger partial charge in [-0.15, -0.1) is 0 Å². The number of carbonyl (C=O) groups is 2. The fourth-order valence-corrected chi connectivity index (χ4v) is 5.02. The number of carbonyl (C=O) groups excluding carboxylic acids is 2. The van der Waals surface area contributed by atoms with Crippen LogP contribution in [0.5, 0.6) is 0 Å². The molecule has 1 N–H and O–H groups in total. The number of alkyl carbamates (subject to hydrolysis) is 1. The second-order valence-electron chi connectivity index (χ2n) is 12.3. The predicted octanol–water partition coefficient (Wildman–Crippen LogP) is 5.94. The Kier molecular flexibility index (Phi) is 9.86. The molecule has 0 fully saturated rings. The average molecular weight is 606 g/mol. The van der Waals surface area contributed by atoms with Crippen LogP contribution in [0.15, 0.2) is 57.8 Å². The molecule has 0 aliphatic carbocycles. The molecule has 4 rings (SSSR count). The van der Waals surface area contributed by atoms with E-state index in [-0.39, 0.29) is 53.9 Å². The lowest BCUT2D eigenvalue weighted by Crippen LogP contribution is -2.43. The number of benzene rings is 2. The maximum absolute atomic E-state index is 14.2. The van der Waals surface area contributed by atoms with E-state index in [1.54, 1.807) is 56.9 Å². The molecule has 1 atom stereocenters. The van der Waals surface area contributed by atoms with Crippen LogP contribution < -0.4 is 10.9 Å². The summed E-state index contributed by atoms with van der Waals surface area (Å²) in [5.41, 5.74) is 1.65. The summed E-state index contributed by atoms with van der Waals surface area (Å²) in [6, 6.07) is 12.5. The van der Waals surface area contributed by atoms with Gasteiger partial charge >= 0.3 is 6.09 Å². The molecule has 0 bridgehead atoms. The Balaban J connectivity index is 1.78. The van der Waals surface area contributed by atoms with Gasteiger partial charge in [0.25, 0.3) is 17.2 Å². The molecule has 2 aromatic carbocycles. The molecule has 44 heavy (non-hydrogen) atoms. The minimum atomic E-state index is -0.673. The number of amides is 2. The summed E-state index contributed by atoms with van der Waals surface area (Å²) in [6.07, 6.45) is -0.137. The quantitative estimate of drug-likeness (QED) is 0.222. The standard InChI is InChI=1S/C33H40FN5O5/c1-20(2)27(28-36-29-26(22(4)37-44-29)31(41)39(28)19-23-11-15-25(34)16-12-23)38(30(40)24-13-9-21(3)10-14-24)18-8-17-35-32(42)43-33(5,6)7/h9-16,20,27H,8,17-19H2,1-7H3,(H,35,42). The van der Waals surface area contributed by atoms with Gasteiger partial charge in [0.2, 0.25) is 0 Å². The fourth-order valence-electron chi connectivity index (χ4n) is 5.02. The van der Waals surface area contributed by atoms with Crippen LogP contribution in [-0.4, -0.2) is 50.3 Å². The Bertz CT molecular complexity index is 1670. The molecule has 2 heterocycles. The van der Waals surface area contributed by atoms with Crippen LogP contribution in [0, 0.1) is 25.6 Å². The number of halogens is 1. The van der Waals surface area contributed by atoms with E-state index in [1.807, 2.05) is 32.9 Å². The van der Waals surface area contributed by atoms with Gasteiger partial charge in [0.1, 0.15) is 22.6 Å². The van der Waals surface area contributed by atoms with Crippen LogP contribution in [0.3, 0.4) is 0 Å². The van der Waals surface area contributed by atoms with Gasteiger partial charge in [-0.05, 0) is 76.8 Å². The molecule has 2 amide bonds. The van der Waals surface area contributed by atoms with E-state index < -0.39 is 17.7 Å². The summed E-state index contributed by atoms with van der Waals surface area (Å²) in [4.78, 5) is 46.9. The number of fused-ring (bicyclic) bond motifs is 1. The van der Waals surface area contributed by atoms with E-state index in [1.165, 1.54) is 16.7 Å². The van der Waals surface area contributed by atoms with Crippen molar-refractivity contribution in [2.24, 2.45) is 5.92 Å². The van der Waals surface area contributed by atoms with Crippen molar-refractivity contribution in [3.05, 3.63) is 92.9 Å². The molecular weight excluding hydrogens is 565 g/mol. The Morgan fingerprint density at radius 1 is 1.07 bits per heavy atom. The Morgan fingerprint density at radius 2 is 1.73 bits per heavy atom. The van der Waals surface area contributed by atoms with Crippen LogP contribution in [-0.2, 0) is 11.3 Å². The molecule has 0 aliphatic rings. The first kappa shape index (κ1) is 32.4. The summed E-state index contributed by atoms with van der Waals surface area (Å²) in [5, 5.41) is 6.96. The highest BCUT2D eigenvalue weighted by Crippen LogP contribution is 2.31. The monoisotopic (exact) mass is 605 g/mol.